The predicted molar refractivity (Wildman–Crippen MR) is 77.6 cm³/mol. The minimum atomic E-state index is -0.173. The number of carbonyl (C=O) groups is 1. The Kier molecular flexibility index (Phi) is 13.6. The summed E-state index contributed by atoms with van der Waals surface area (Å²) in [5.74, 6) is -0.173. The van der Waals surface area contributed by atoms with Gasteiger partial charge in [0.2, 0.25) is 0 Å². The van der Waals surface area contributed by atoms with Gasteiger partial charge in [-0.1, -0.05) is 51.2 Å². The quantitative estimate of drug-likeness (QED) is 0.277. The van der Waals surface area contributed by atoms with Crippen LogP contribution in [-0.4, -0.2) is 12.6 Å². The van der Waals surface area contributed by atoms with E-state index in [1.165, 1.54) is 51.9 Å². The SMILES string of the molecule is CCCCCCCCC=CCCCCOC(C)=O. The van der Waals surface area contributed by atoms with Gasteiger partial charge in [-0.25, -0.2) is 0 Å². The smallest absolute Gasteiger partial charge is 0.302 e. The van der Waals surface area contributed by atoms with Crippen LogP contribution in [0.5, 0.6) is 0 Å². The summed E-state index contributed by atoms with van der Waals surface area (Å²) in [4.78, 5) is 10.5. The molecule has 0 N–H and O–H groups in total. The zero-order valence-corrected chi connectivity index (χ0v) is 12.2. The van der Waals surface area contributed by atoms with Crippen molar-refractivity contribution in [3.05, 3.63) is 12.2 Å². The molecule has 0 rings (SSSR count). The Bertz CT molecular complexity index is 209. The topological polar surface area (TPSA) is 26.3 Å². The molecule has 0 aliphatic carbocycles. The van der Waals surface area contributed by atoms with Crippen molar-refractivity contribution >= 4 is 5.97 Å². The van der Waals surface area contributed by atoms with Gasteiger partial charge in [-0.15, -0.1) is 0 Å². The second-order valence-corrected chi connectivity index (χ2v) is 4.86. The molecule has 0 saturated heterocycles. The lowest BCUT2D eigenvalue weighted by atomic mass is 10.1. The van der Waals surface area contributed by atoms with Crippen molar-refractivity contribution < 1.29 is 9.53 Å². The number of ether oxygens (including phenoxy) is 1. The first-order valence-electron chi connectivity index (χ1n) is 7.55. The molecule has 0 aromatic heterocycles. The van der Waals surface area contributed by atoms with Gasteiger partial charge >= 0.3 is 5.97 Å². The van der Waals surface area contributed by atoms with Gasteiger partial charge in [-0.2, -0.15) is 0 Å². The Morgan fingerprint density at radius 3 is 2.06 bits per heavy atom. The summed E-state index contributed by atoms with van der Waals surface area (Å²) in [6.07, 6.45) is 17.2. The van der Waals surface area contributed by atoms with Crippen molar-refractivity contribution in [3.8, 4) is 0 Å². The number of carbonyl (C=O) groups excluding carboxylic acids is 1. The summed E-state index contributed by atoms with van der Waals surface area (Å²) in [5, 5.41) is 0. The van der Waals surface area contributed by atoms with Crippen LogP contribution in [0.1, 0.15) is 78.1 Å². The molecule has 0 unspecified atom stereocenters. The average Bonchev–Trinajstić information content (AvgIpc) is 2.34. The summed E-state index contributed by atoms with van der Waals surface area (Å²) in [7, 11) is 0. The lowest BCUT2D eigenvalue weighted by molar-refractivity contribution is -0.141. The number of hydrogen-bond acceptors (Lipinski definition) is 2. The monoisotopic (exact) mass is 254 g/mol. The van der Waals surface area contributed by atoms with E-state index in [9.17, 15) is 4.79 Å². The fraction of sp³-hybridized carbons (Fsp3) is 0.812. The first-order chi connectivity index (χ1) is 8.77. The van der Waals surface area contributed by atoms with Crippen molar-refractivity contribution in [2.45, 2.75) is 78.1 Å². The summed E-state index contributed by atoms with van der Waals surface area (Å²) < 4.78 is 4.87. The average molecular weight is 254 g/mol. The maximum absolute atomic E-state index is 10.5. The molecule has 2 heteroatoms. The molecule has 0 aromatic carbocycles. The fourth-order valence-electron chi connectivity index (χ4n) is 1.86. The van der Waals surface area contributed by atoms with Gasteiger partial charge in [-0.05, 0) is 32.1 Å². The van der Waals surface area contributed by atoms with E-state index in [2.05, 4.69) is 19.1 Å². The van der Waals surface area contributed by atoms with E-state index >= 15 is 0 Å². The molecule has 0 heterocycles. The molecule has 0 aromatic rings. The van der Waals surface area contributed by atoms with E-state index in [0.29, 0.717) is 6.61 Å². The number of hydrogen-bond donors (Lipinski definition) is 0. The Hall–Kier alpha value is -0.790. The van der Waals surface area contributed by atoms with Crippen LogP contribution in [0.15, 0.2) is 12.2 Å². The lowest BCUT2D eigenvalue weighted by Gasteiger charge is -1.99. The van der Waals surface area contributed by atoms with E-state index in [-0.39, 0.29) is 5.97 Å². The molecule has 0 radical (unpaired) electrons. The summed E-state index contributed by atoms with van der Waals surface area (Å²) >= 11 is 0. The third kappa shape index (κ3) is 15.2. The Labute approximate surface area is 113 Å². The highest BCUT2D eigenvalue weighted by atomic mass is 16.5. The van der Waals surface area contributed by atoms with Gasteiger partial charge in [0, 0.05) is 6.92 Å². The zero-order valence-electron chi connectivity index (χ0n) is 12.2. The van der Waals surface area contributed by atoms with Crippen LogP contribution in [0.25, 0.3) is 0 Å². The molecule has 2 nitrogen and oxygen atoms in total. The molecule has 0 saturated carbocycles. The van der Waals surface area contributed by atoms with Gasteiger partial charge in [0.1, 0.15) is 0 Å². The van der Waals surface area contributed by atoms with Crippen LogP contribution in [0.2, 0.25) is 0 Å². The van der Waals surface area contributed by atoms with Crippen LogP contribution in [0, 0.1) is 0 Å². The van der Waals surface area contributed by atoms with Crippen molar-refractivity contribution in [3.63, 3.8) is 0 Å². The molecule has 0 fully saturated rings. The maximum Gasteiger partial charge on any atom is 0.302 e. The minimum Gasteiger partial charge on any atom is -0.466 e. The Balaban J connectivity index is 3.07. The highest BCUT2D eigenvalue weighted by Gasteiger charge is 1.91. The third-order valence-electron chi connectivity index (χ3n) is 2.96. The number of allylic oxidation sites excluding steroid dienone is 2. The standard InChI is InChI=1S/C16H30O2/c1-3-4-5-6-7-8-9-10-11-12-13-14-15-18-16(2)17/h10-11H,3-9,12-15H2,1-2H3. The highest BCUT2D eigenvalue weighted by molar-refractivity contribution is 5.65. The van der Waals surface area contributed by atoms with Crippen LogP contribution in [-0.2, 0) is 9.53 Å². The van der Waals surface area contributed by atoms with Gasteiger partial charge in [0.05, 0.1) is 6.61 Å². The predicted octanol–water partition coefficient (Wildman–Crippen LogP) is 5.03. The van der Waals surface area contributed by atoms with Gasteiger partial charge in [0.25, 0.3) is 0 Å². The molecular weight excluding hydrogens is 224 g/mol. The largest absolute Gasteiger partial charge is 0.466 e. The number of rotatable bonds is 12. The van der Waals surface area contributed by atoms with Crippen molar-refractivity contribution in [1.29, 1.82) is 0 Å². The maximum atomic E-state index is 10.5. The molecule has 0 amide bonds. The van der Waals surface area contributed by atoms with Crippen LogP contribution < -0.4 is 0 Å². The number of esters is 1. The summed E-state index contributed by atoms with van der Waals surface area (Å²) in [6.45, 7) is 4.28. The van der Waals surface area contributed by atoms with E-state index in [4.69, 9.17) is 4.74 Å². The Morgan fingerprint density at radius 1 is 0.889 bits per heavy atom. The summed E-state index contributed by atoms with van der Waals surface area (Å²) in [5.41, 5.74) is 0. The molecule has 0 aliphatic rings. The van der Waals surface area contributed by atoms with E-state index in [0.717, 1.165) is 19.3 Å². The lowest BCUT2D eigenvalue weighted by Crippen LogP contribution is -1.99. The van der Waals surface area contributed by atoms with Crippen LogP contribution in [0.3, 0.4) is 0 Å². The van der Waals surface area contributed by atoms with E-state index in [1.54, 1.807) is 0 Å². The molecular formula is C16H30O2. The first-order valence-corrected chi connectivity index (χ1v) is 7.55. The van der Waals surface area contributed by atoms with Crippen LogP contribution >= 0.6 is 0 Å². The molecule has 0 aliphatic heterocycles. The van der Waals surface area contributed by atoms with Crippen molar-refractivity contribution in [1.82, 2.24) is 0 Å². The third-order valence-corrected chi connectivity index (χ3v) is 2.96. The van der Waals surface area contributed by atoms with Crippen molar-refractivity contribution in [2.24, 2.45) is 0 Å². The summed E-state index contributed by atoms with van der Waals surface area (Å²) in [6, 6.07) is 0. The van der Waals surface area contributed by atoms with Gasteiger partial charge in [-0.3, -0.25) is 4.79 Å². The van der Waals surface area contributed by atoms with Gasteiger partial charge in [0.15, 0.2) is 0 Å². The molecule has 0 atom stereocenters. The first kappa shape index (κ1) is 17.2. The fourth-order valence-corrected chi connectivity index (χ4v) is 1.86. The van der Waals surface area contributed by atoms with Gasteiger partial charge < -0.3 is 4.74 Å². The van der Waals surface area contributed by atoms with Crippen molar-refractivity contribution in [2.75, 3.05) is 6.61 Å². The minimum absolute atomic E-state index is 0.173. The van der Waals surface area contributed by atoms with Crippen LogP contribution in [0.4, 0.5) is 0 Å². The highest BCUT2D eigenvalue weighted by Crippen LogP contribution is 2.07. The molecule has 18 heavy (non-hydrogen) atoms. The van der Waals surface area contributed by atoms with E-state index < -0.39 is 0 Å². The zero-order chi connectivity index (χ0) is 13.5. The molecule has 106 valence electrons. The number of unbranched alkanes of at least 4 members (excludes halogenated alkanes) is 8. The molecule has 0 bridgehead atoms. The Morgan fingerprint density at radius 2 is 1.44 bits per heavy atom. The second-order valence-electron chi connectivity index (χ2n) is 4.86. The van der Waals surface area contributed by atoms with E-state index in [1.807, 2.05) is 0 Å². The molecule has 0 spiro atoms. The second kappa shape index (κ2) is 14.3. The normalized spacial score (nSPS) is 11.0.